The number of hydrogen-bond donors (Lipinski definition) is 2. The van der Waals surface area contributed by atoms with Crippen LogP contribution in [0.15, 0.2) is 29.6 Å². The standard InChI is InChI=1S/C16H16F2N2O4S/c17-16(18)24-11-4-1-10(2-5-11)3-6-13(21)19-8-7-14-20-12(9-25-14)15(22)23/h1-2,4-5,9,16H,3,6-8H2,(H,19,21)(H,22,23). The average molecular weight is 370 g/mol. The summed E-state index contributed by atoms with van der Waals surface area (Å²) in [6.07, 6.45) is 1.19. The number of carbonyl (C=O) groups is 2. The van der Waals surface area contributed by atoms with E-state index in [1.54, 1.807) is 12.1 Å². The molecule has 0 unspecified atom stereocenters. The number of aryl methyl sites for hydroxylation is 1. The van der Waals surface area contributed by atoms with Gasteiger partial charge in [-0.3, -0.25) is 4.79 Å². The van der Waals surface area contributed by atoms with Gasteiger partial charge < -0.3 is 15.2 Å². The molecular weight excluding hydrogens is 354 g/mol. The molecule has 0 radical (unpaired) electrons. The number of aromatic nitrogens is 1. The first-order chi connectivity index (χ1) is 11.9. The Morgan fingerprint density at radius 3 is 2.56 bits per heavy atom. The number of nitrogens with one attached hydrogen (secondary N) is 1. The number of amides is 1. The van der Waals surface area contributed by atoms with Crippen LogP contribution in [0.25, 0.3) is 0 Å². The SMILES string of the molecule is O=C(CCc1ccc(OC(F)F)cc1)NCCc1nc(C(=O)O)cs1. The minimum atomic E-state index is -2.86. The van der Waals surface area contributed by atoms with Crippen molar-refractivity contribution in [1.29, 1.82) is 0 Å². The predicted molar refractivity (Wildman–Crippen MR) is 87.2 cm³/mol. The van der Waals surface area contributed by atoms with Crippen molar-refractivity contribution in [2.45, 2.75) is 25.9 Å². The van der Waals surface area contributed by atoms with Gasteiger partial charge in [0.05, 0.1) is 5.01 Å². The number of thiazole rings is 1. The fourth-order valence-electron chi connectivity index (χ4n) is 2.02. The summed E-state index contributed by atoms with van der Waals surface area (Å²) in [4.78, 5) is 26.4. The average Bonchev–Trinajstić information content (AvgIpc) is 3.03. The van der Waals surface area contributed by atoms with Crippen molar-refractivity contribution in [3.63, 3.8) is 0 Å². The van der Waals surface area contributed by atoms with Crippen LogP contribution in [0.3, 0.4) is 0 Å². The van der Waals surface area contributed by atoms with Gasteiger partial charge in [-0.25, -0.2) is 9.78 Å². The summed E-state index contributed by atoms with van der Waals surface area (Å²) in [5, 5.41) is 13.6. The molecule has 6 nitrogen and oxygen atoms in total. The van der Waals surface area contributed by atoms with Gasteiger partial charge in [0.2, 0.25) is 5.91 Å². The quantitative estimate of drug-likeness (QED) is 0.709. The van der Waals surface area contributed by atoms with Crippen molar-refractivity contribution in [3.8, 4) is 5.75 Å². The fourth-order valence-corrected chi connectivity index (χ4v) is 2.79. The van der Waals surface area contributed by atoms with E-state index in [2.05, 4.69) is 15.0 Å². The molecule has 134 valence electrons. The molecular formula is C16H16F2N2O4S. The van der Waals surface area contributed by atoms with Crippen molar-refractivity contribution < 1.29 is 28.2 Å². The van der Waals surface area contributed by atoms with Crippen LogP contribution in [0.2, 0.25) is 0 Å². The van der Waals surface area contributed by atoms with Crippen LogP contribution in [0, 0.1) is 0 Å². The highest BCUT2D eigenvalue weighted by Crippen LogP contribution is 2.15. The molecule has 0 saturated carbocycles. The second kappa shape index (κ2) is 9.07. The Morgan fingerprint density at radius 1 is 1.24 bits per heavy atom. The Morgan fingerprint density at radius 2 is 1.96 bits per heavy atom. The smallest absolute Gasteiger partial charge is 0.387 e. The lowest BCUT2D eigenvalue weighted by atomic mass is 10.1. The molecule has 2 aromatic rings. The van der Waals surface area contributed by atoms with Crippen molar-refractivity contribution in [2.24, 2.45) is 0 Å². The summed E-state index contributed by atoms with van der Waals surface area (Å²) in [6, 6.07) is 6.13. The molecule has 1 aromatic carbocycles. The molecule has 1 aromatic heterocycles. The number of hydrogen-bond acceptors (Lipinski definition) is 5. The number of halogens is 2. The Labute approximate surface area is 146 Å². The van der Waals surface area contributed by atoms with Gasteiger partial charge in [0.25, 0.3) is 0 Å². The van der Waals surface area contributed by atoms with Crippen LogP contribution < -0.4 is 10.1 Å². The normalized spacial score (nSPS) is 10.7. The monoisotopic (exact) mass is 370 g/mol. The molecule has 1 amide bonds. The van der Waals surface area contributed by atoms with E-state index in [9.17, 15) is 18.4 Å². The van der Waals surface area contributed by atoms with E-state index in [0.29, 0.717) is 24.4 Å². The highest BCUT2D eigenvalue weighted by Gasteiger charge is 2.09. The number of ether oxygens (including phenoxy) is 1. The maximum Gasteiger partial charge on any atom is 0.387 e. The molecule has 1 heterocycles. The van der Waals surface area contributed by atoms with Crippen LogP contribution in [0.5, 0.6) is 5.75 Å². The molecule has 25 heavy (non-hydrogen) atoms. The zero-order chi connectivity index (χ0) is 18.2. The van der Waals surface area contributed by atoms with Gasteiger partial charge >= 0.3 is 12.6 Å². The van der Waals surface area contributed by atoms with E-state index in [4.69, 9.17) is 5.11 Å². The molecule has 0 aliphatic carbocycles. The number of carboxylic acids is 1. The third-order valence-electron chi connectivity index (χ3n) is 3.22. The fraction of sp³-hybridized carbons (Fsp3) is 0.312. The van der Waals surface area contributed by atoms with Crippen molar-refractivity contribution in [1.82, 2.24) is 10.3 Å². The lowest BCUT2D eigenvalue weighted by Gasteiger charge is -2.06. The molecule has 2 rings (SSSR count). The molecule has 0 atom stereocenters. The minimum absolute atomic E-state index is 0.00518. The molecule has 0 aliphatic heterocycles. The topological polar surface area (TPSA) is 88.5 Å². The van der Waals surface area contributed by atoms with Crippen LogP contribution in [0.1, 0.15) is 27.5 Å². The van der Waals surface area contributed by atoms with E-state index in [1.165, 1.54) is 28.8 Å². The van der Waals surface area contributed by atoms with E-state index < -0.39 is 12.6 Å². The number of carbonyl (C=O) groups excluding carboxylic acids is 1. The maximum absolute atomic E-state index is 12.0. The van der Waals surface area contributed by atoms with Gasteiger partial charge in [-0.2, -0.15) is 8.78 Å². The molecule has 0 aliphatic rings. The van der Waals surface area contributed by atoms with E-state index in [-0.39, 0.29) is 23.8 Å². The van der Waals surface area contributed by atoms with E-state index in [1.807, 2.05) is 0 Å². The third kappa shape index (κ3) is 6.46. The van der Waals surface area contributed by atoms with Gasteiger partial charge in [-0.15, -0.1) is 11.3 Å². The Kier molecular flexibility index (Phi) is 6.81. The van der Waals surface area contributed by atoms with Crippen LogP contribution in [-0.2, 0) is 17.6 Å². The van der Waals surface area contributed by atoms with E-state index >= 15 is 0 Å². The van der Waals surface area contributed by atoms with E-state index in [0.717, 1.165) is 5.56 Å². The number of carboxylic acid groups (broad SMARTS) is 1. The van der Waals surface area contributed by atoms with Crippen molar-refractivity contribution in [3.05, 3.63) is 45.9 Å². The molecule has 0 bridgehead atoms. The number of alkyl halides is 2. The second-order valence-electron chi connectivity index (χ2n) is 5.05. The Balaban J connectivity index is 1.68. The third-order valence-corrected chi connectivity index (χ3v) is 4.13. The van der Waals surface area contributed by atoms with Crippen molar-refractivity contribution >= 4 is 23.2 Å². The first-order valence-electron chi connectivity index (χ1n) is 7.42. The molecule has 9 heteroatoms. The highest BCUT2D eigenvalue weighted by molar-refractivity contribution is 7.09. The highest BCUT2D eigenvalue weighted by atomic mass is 32.1. The summed E-state index contributed by atoms with van der Waals surface area (Å²) in [6.45, 7) is -2.49. The molecule has 0 saturated heterocycles. The number of benzene rings is 1. The molecule has 0 fully saturated rings. The van der Waals surface area contributed by atoms with Gasteiger partial charge in [0.15, 0.2) is 5.69 Å². The second-order valence-corrected chi connectivity index (χ2v) is 6.00. The first-order valence-corrected chi connectivity index (χ1v) is 8.30. The number of nitrogens with zero attached hydrogens (tertiary/aromatic N) is 1. The predicted octanol–water partition coefficient (Wildman–Crippen LogP) is 2.73. The van der Waals surface area contributed by atoms with Crippen LogP contribution >= 0.6 is 11.3 Å². The summed E-state index contributed by atoms with van der Waals surface area (Å²) in [7, 11) is 0. The molecule has 0 spiro atoms. The van der Waals surface area contributed by atoms with Gasteiger partial charge in [-0.1, -0.05) is 12.1 Å². The van der Waals surface area contributed by atoms with Crippen LogP contribution in [0.4, 0.5) is 8.78 Å². The summed E-state index contributed by atoms with van der Waals surface area (Å²) in [5.41, 5.74) is 0.841. The van der Waals surface area contributed by atoms with Gasteiger partial charge in [0, 0.05) is 24.8 Å². The lowest BCUT2D eigenvalue weighted by molar-refractivity contribution is -0.121. The maximum atomic E-state index is 12.0. The minimum Gasteiger partial charge on any atom is -0.476 e. The van der Waals surface area contributed by atoms with Gasteiger partial charge in [0.1, 0.15) is 5.75 Å². The summed E-state index contributed by atoms with van der Waals surface area (Å²) >= 11 is 1.24. The largest absolute Gasteiger partial charge is 0.476 e. The number of rotatable bonds is 9. The number of aromatic carboxylic acids is 1. The molecule has 2 N–H and O–H groups in total. The lowest BCUT2D eigenvalue weighted by Crippen LogP contribution is -2.25. The zero-order valence-electron chi connectivity index (χ0n) is 13.1. The van der Waals surface area contributed by atoms with Gasteiger partial charge in [-0.05, 0) is 24.1 Å². The first kappa shape index (κ1) is 18.8. The Bertz CT molecular complexity index is 719. The summed E-state index contributed by atoms with van der Waals surface area (Å²) < 4.78 is 28.3. The van der Waals surface area contributed by atoms with Crippen LogP contribution in [-0.4, -0.2) is 35.1 Å². The van der Waals surface area contributed by atoms with Crippen molar-refractivity contribution in [2.75, 3.05) is 6.54 Å². The zero-order valence-corrected chi connectivity index (χ0v) is 13.9. The Hall–Kier alpha value is -2.55. The summed E-state index contributed by atoms with van der Waals surface area (Å²) in [5.74, 6) is -1.15.